The molecule has 0 aliphatic heterocycles. The van der Waals surface area contributed by atoms with Gasteiger partial charge in [0.15, 0.2) is 11.5 Å². The molecule has 0 fully saturated rings. The molecule has 0 unspecified atom stereocenters. The highest BCUT2D eigenvalue weighted by molar-refractivity contribution is 9.10. The fourth-order valence-corrected chi connectivity index (χ4v) is 2.61. The van der Waals surface area contributed by atoms with Gasteiger partial charge >= 0.3 is 5.97 Å². The zero-order valence-electron chi connectivity index (χ0n) is 12.9. The molecule has 0 bridgehead atoms. The van der Waals surface area contributed by atoms with Crippen molar-refractivity contribution < 1.29 is 24.6 Å². The first-order valence-electron chi connectivity index (χ1n) is 7.14. The van der Waals surface area contributed by atoms with Crippen molar-refractivity contribution >= 4 is 28.1 Å². The SMILES string of the molecule is CCOc1cc(/C=N\O)cc(Br)c1OCc1ccc(C(=O)O)cc1. The Hall–Kier alpha value is -2.54. The summed E-state index contributed by atoms with van der Waals surface area (Å²) in [6.07, 6.45) is 1.29. The highest BCUT2D eigenvalue weighted by Crippen LogP contribution is 2.37. The fourth-order valence-electron chi connectivity index (χ4n) is 2.03. The Labute approximate surface area is 147 Å². The highest BCUT2D eigenvalue weighted by atomic mass is 79.9. The van der Waals surface area contributed by atoms with Crippen LogP contribution < -0.4 is 9.47 Å². The maximum atomic E-state index is 10.9. The monoisotopic (exact) mass is 393 g/mol. The van der Waals surface area contributed by atoms with E-state index >= 15 is 0 Å². The minimum absolute atomic E-state index is 0.225. The van der Waals surface area contributed by atoms with E-state index in [2.05, 4.69) is 21.1 Å². The van der Waals surface area contributed by atoms with E-state index in [4.69, 9.17) is 19.8 Å². The first-order valence-corrected chi connectivity index (χ1v) is 7.93. The van der Waals surface area contributed by atoms with E-state index in [1.165, 1.54) is 18.3 Å². The van der Waals surface area contributed by atoms with Crippen molar-refractivity contribution in [2.75, 3.05) is 6.61 Å². The van der Waals surface area contributed by atoms with Gasteiger partial charge in [0.2, 0.25) is 0 Å². The van der Waals surface area contributed by atoms with Gasteiger partial charge in [-0.25, -0.2) is 4.79 Å². The first-order chi connectivity index (χ1) is 11.5. The minimum Gasteiger partial charge on any atom is -0.490 e. The largest absolute Gasteiger partial charge is 0.490 e. The van der Waals surface area contributed by atoms with Crippen molar-refractivity contribution in [2.45, 2.75) is 13.5 Å². The summed E-state index contributed by atoms with van der Waals surface area (Å²) < 4.78 is 12.0. The van der Waals surface area contributed by atoms with Gasteiger partial charge in [0.1, 0.15) is 6.61 Å². The van der Waals surface area contributed by atoms with E-state index in [0.717, 1.165) is 5.56 Å². The Morgan fingerprint density at radius 1 is 1.25 bits per heavy atom. The lowest BCUT2D eigenvalue weighted by Gasteiger charge is -2.14. The number of ether oxygens (including phenoxy) is 2. The normalized spacial score (nSPS) is 10.8. The van der Waals surface area contributed by atoms with E-state index in [0.29, 0.717) is 28.1 Å². The molecule has 0 saturated carbocycles. The molecule has 0 heterocycles. The first kappa shape index (κ1) is 17.8. The average Bonchev–Trinajstić information content (AvgIpc) is 2.55. The second-order valence-corrected chi connectivity index (χ2v) is 5.65. The minimum atomic E-state index is -0.968. The quantitative estimate of drug-likeness (QED) is 0.422. The van der Waals surface area contributed by atoms with E-state index in [1.807, 2.05) is 6.92 Å². The number of oxime groups is 1. The van der Waals surface area contributed by atoms with Crippen LogP contribution in [0.4, 0.5) is 0 Å². The fraction of sp³-hybridized carbons (Fsp3) is 0.176. The number of benzene rings is 2. The van der Waals surface area contributed by atoms with Crippen molar-refractivity contribution in [1.29, 1.82) is 0 Å². The number of aromatic carboxylic acids is 1. The summed E-state index contributed by atoms with van der Waals surface area (Å²) in [4.78, 5) is 10.9. The smallest absolute Gasteiger partial charge is 0.335 e. The van der Waals surface area contributed by atoms with Crippen LogP contribution in [0, 0.1) is 0 Å². The van der Waals surface area contributed by atoms with Crippen molar-refractivity contribution in [3.8, 4) is 11.5 Å². The molecule has 24 heavy (non-hydrogen) atoms. The summed E-state index contributed by atoms with van der Waals surface area (Å²) in [6.45, 7) is 2.57. The van der Waals surface area contributed by atoms with E-state index < -0.39 is 5.97 Å². The molecule has 7 heteroatoms. The number of hydrogen-bond acceptors (Lipinski definition) is 5. The molecule has 2 aromatic rings. The molecule has 0 aromatic heterocycles. The standard InChI is InChI=1S/C17H16BrNO5/c1-2-23-15-8-12(9-19-22)7-14(18)16(15)24-10-11-3-5-13(6-4-11)17(20)21/h3-9,22H,2,10H2,1H3,(H,20,21)/b19-9-. The van der Waals surface area contributed by atoms with E-state index in [-0.39, 0.29) is 12.2 Å². The molecule has 0 amide bonds. The molecule has 2 N–H and O–H groups in total. The number of halogens is 1. The highest BCUT2D eigenvalue weighted by Gasteiger charge is 2.12. The van der Waals surface area contributed by atoms with Crippen LogP contribution in [0.5, 0.6) is 11.5 Å². The maximum Gasteiger partial charge on any atom is 0.335 e. The van der Waals surface area contributed by atoms with Crippen LogP contribution in [-0.4, -0.2) is 29.1 Å². The predicted molar refractivity (Wildman–Crippen MR) is 92.4 cm³/mol. The molecule has 0 saturated heterocycles. The Balaban J connectivity index is 2.20. The van der Waals surface area contributed by atoms with Crippen molar-refractivity contribution in [1.82, 2.24) is 0 Å². The van der Waals surface area contributed by atoms with Gasteiger partial charge in [-0.15, -0.1) is 0 Å². The molecule has 2 aromatic carbocycles. The summed E-state index contributed by atoms with van der Waals surface area (Å²) in [5.74, 6) is 0.0724. The molecule has 126 valence electrons. The predicted octanol–water partition coefficient (Wildman–Crippen LogP) is 3.93. The van der Waals surface area contributed by atoms with Gasteiger partial charge in [-0.3, -0.25) is 0 Å². The second kappa shape index (κ2) is 8.35. The van der Waals surface area contributed by atoms with Crippen molar-refractivity contribution in [3.05, 3.63) is 57.6 Å². The van der Waals surface area contributed by atoms with Crippen LogP contribution in [0.25, 0.3) is 0 Å². The molecule has 0 atom stereocenters. The van der Waals surface area contributed by atoms with Gasteiger partial charge in [0.05, 0.1) is 22.9 Å². The molecule has 6 nitrogen and oxygen atoms in total. The van der Waals surface area contributed by atoms with Crippen molar-refractivity contribution in [2.24, 2.45) is 5.16 Å². The zero-order chi connectivity index (χ0) is 17.5. The number of hydrogen-bond donors (Lipinski definition) is 2. The third-order valence-electron chi connectivity index (χ3n) is 3.12. The third-order valence-corrected chi connectivity index (χ3v) is 3.71. The molecule has 0 spiro atoms. The molecule has 2 rings (SSSR count). The number of carboxylic acids is 1. The Morgan fingerprint density at radius 3 is 2.54 bits per heavy atom. The van der Waals surface area contributed by atoms with Crippen LogP contribution >= 0.6 is 15.9 Å². The van der Waals surface area contributed by atoms with Gasteiger partial charge in [-0.2, -0.15) is 0 Å². The molecular formula is C17H16BrNO5. The van der Waals surface area contributed by atoms with Crippen LogP contribution in [0.2, 0.25) is 0 Å². The summed E-state index contributed by atoms with van der Waals surface area (Å²) in [5, 5.41) is 20.6. The van der Waals surface area contributed by atoms with Gasteiger partial charge < -0.3 is 19.8 Å². The zero-order valence-corrected chi connectivity index (χ0v) is 14.5. The summed E-state index contributed by atoms with van der Waals surface area (Å²) in [7, 11) is 0. The lowest BCUT2D eigenvalue weighted by Crippen LogP contribution is -2.02. The number of rotatable bonds is 7. The Kier molecular flexibility index (Phi) is 6.20. The van der Waals surface area contributed by atoms with Crippen LogP contribution in [0.3, 0.4) is 0 Å². The summed E-state index contributed by atoms with van der Waals surface area (Å²) in [5.41, 5.74) is 1.71. The maximum absolute atomic E-state index is 10.9. The van der Waals surface area contributed by atoms with E-state index in [9.17, 15) is 4.79 Å². The lowest BCUT2D eigenvalue weighted by atomic mass is 10.1. The van der Waals surface area contributed by atoms with Crippen LogP contribution in [0.1, 0.15) is 28.4 Å². The number of carboxylic acid groups (broad SMARTS) is 1. The topological polar surface area (TPSA) is 88.4 Å². The molecule has 0 radical (unpaired) electrons. The molecule has 0 aliphatic rings. The Bertz CT molecular complexity index is 743. The second-order valence-electron chi connectivity index (χ2n) is 4.80. The summed E-state index contributed by atoms with van der Waals surface area (Å²) in [6, 6.07) is 9.90. The van der Waals surface area contributed by atoms with Gasteiger partial charge in [0.25, 0.3) is 0 Å². The van der Waals surface area contributed by atoms with Crippen LogP contribution in [0.15, 0.2) is 46.0 Å². The van der Waals surface area contributed by atoms with Gasteiger partial charge in [-0.1, -0.05) is 17.3 Å². The Morgan fingerprint density at radius 2 is 1.96 bits per heavy atom. The van der Waals surface area contributed by atoms with Gasteiger partial charge in [0, 0.05) is 5.56 Å². The molecular weight excluding hydrogens is 378 g/mol. The van der Waals surface area contributed by atoms with E-state index in [1.54, 1.807) is 24.3 Å². The van der Waals surface area contributed by atoms with Gasteiger partial charge in [-0.05, 0) is 52.7 Å². The molecule has 0 aliphatic carbocycles. The van der Waals surface area contributed by atoms with Crippen LogP contribution in [-0.2, 0) is 6.61 Å². The third kappa shape index (κ3) is 4.48. The van der Waals surface area contributed by atoms with Crippen molar-refractivity contribution in [3.63, 3.8) is 0 Å². The lowest BCUT2D eigenvalue weighted by molar-refractivity contribution is 0.0697. The number of carbonyl (C=O) groups is 1. The summed E-state index contributed by atoms with van der Waals surface area (Å²) >= 11 is 3.42. The average molecular weight is 394 g/mol. The number of nitrogens with zero attached hydrogens (tertiary/aromatic N) is 1.